The highest BCUT2D eigenvalue weighted by Gasteiger charge is 2.29. The molecular formula is C18H23N5O3. The second-order valence-corrected chi connectivity index (χ2v) is 6.21. The van der Waals surface area contributed by atoms with E-state index in [1.54, 1.807) is 35.6 Å². The summed E-state index contributed by atoms with van der Waals surface area (Å²) >= 11 is 0. The lowest BCUT2D eigenvalue weighted by Crippen LogP contribution is -2.31. The smallest absolute Gasteiger partial charge is 0.255 e. The van der Waals surface area contributed by atoms with Gasteiger partial charge in [-0.3, -0.25) is 9.78 Å². The lowest BCUT2D eigenvalue weighted by atomic mass is 10.2. The molecule has 3 rings (SSSR count). The van der Waals surface area contributed by atoms with Gasteiger partial charge in [0, 0.05) is 39.3 Å². The van der Waals surface area contributed by atoms with Gasteiger partial charge in [-0.25, -0.2) is 4.98 Å². The Morgan fingerprint density at radius 3 is 2.81 bits per heavy atom. The number of ether oxygens (including phenoxy) is 2. The normalized spacial score (nSPS) is 16.4. The van der Waals surface area contributed by atoms with Gasteiger partial charge in [0.2, 0.25) is 11.8 Å². The molecule has 0 aromatic carbocycles. The summed E-state index contributed by atoms with van der Waals surface area (Å²) in [6, 6.07) is 3.45. The lowest BCUT2D eigenvalue weighted by molar-refractivity contribution is 0.0770. The Morgan fingerprint density at radius 2 is 2.12 bits per heavy atom. The zero-order valence-electron chi connectivity index (χ0n) is 15.3. The van der Waals surface area contributed by atoms with Crippen LogP contribution in [0.1, 0.15) is 23.7 Å². The minimum absolute atomic E-state index is 0.0558. The number of aromatic nitrogens is 3. The van der Waals surface area contributed by atoms with E-state index in [4.69, 9.17) is 9.47 Å². The first-order valence-electron chi connectivity index (χ1n) is 8.61. The van der Waals surface area contributed by atoms with Crippen LogP contribution in [0.4, 0.5) is 5.82 Å². The Labute approximate surface area is 152 Å². The predicted molar refractivity (Wildman–Crippen MR) is 96.7 cm³/mol. The van der Waals surface area contributed by atoms with Crippen LogP contribution in [-0.4, -0.2) is 65.7 Å². The lowest BCUT2D eigenvalue weighted by Gasteiger charge is -2.17. The number of likely N-dealkylation sites (tertiary alicyclic amines) is 1. The zero-order chi connectivity index (χ0) is 18.5. The molecular weight excluding hydrogens is 334 g/mol. The van der Waals surface area contributed by atoms with E-state index >= 15 is 0 Å². The van der Waals surface area contributed by atoms with Gasteiger partial charge in [-0.05, 0) is 13.0 Å². The van der Waals surface area contributed by atoms with Crippen LogP contribution in [0.5, 0.6) is 11.8 Å². The highest BCUT2D eigenvalue weighted by molar-refractivity contribution is 5.94. The SMILES string of the molecule is CCOc1ccc(C(=O)N2CCC(Oc3cncc(N(C)C)n3)C2)cn1. The molecule has 2 aromatic rings. The molecule has 0 radical (unpaired) electrons. The van der Waals surface area contributed by atoms with Crippen molar-refractivity contribution in [3.8, 4) is 11.8 Å². The molecule has 1 amide bonds. The van der Waals surface area contributed by atoms with Gasteiger partial charge < -0.3 is 19.3 Å². The molecule has 138 valence electrons. The predicted octanol–water partition coefficient (Wildman–Crippen LogP) is 1.63. The van der Waals surface area contributed by atoms with Crippen LogP contribution in [0.25, 0.3) is 0 Å². The monoisotopic (exact) mass is 357 g/mol. The van der Waals surface area contributed by atoms with Gasteiger partial charge in [0.1, 0.15) is 6.10 Å². The van der Waals surface area contributed by atoms with Crippen molar-refractivity contribution in [1.29, 1.82) is 0 Å². The Balaban J connectivity index is 1.59. The maximum Gasteiger partial charge on any atom is 0.255 e. The van der Waals surface area contributed by atoms with Crippen LogP contribution < -0.4 is 14.4 Å². The molecule has 1 unspecified atom stereocenters. The van der Waals surface area contributed by atoms with E-state index in [2.05, 4.69) is 15.0 Å². The molecule has 0 spiro atoms. The third kappa shape index (κ3) is 4.19. The van der Waals surface area contributed by atoms with Gasteiger partial charge in [0.05, 0.1) is 31.1 Å². The van der Waals surface area contributed by atoms with Crippen molar-refractivity contribution in [2.24, 2.45) is 0 Å². The van der Waals surface area contributed by atoms with E-state index in [9.17, 15) is 4.79 Å². The fourth-order valence-corrected chi connectivity index (χ4v) is 2.71. The van der Waals surface area contributed by atoms with Gasteiger partial charge in [-0.15, -0.1) is 0 Å². The molecule has 0 saturated carbocycles. The maximum atomic E-state index is 12.6. The second-order valence-electron chi connectivity index (χ2n) is 6.21. The number of carbonyl (C=O) groups excluding carboxylic acids is 1. The first-order chi connectivity index (χ1) is 12.6. The molecule has 26 heavy (non-hydrogen) atoms. The molecule has 0 bridgehead atoms. The van der Waals surface area contributed by atoms with Gasteiger partial charge in [-0.1, -0.05) is 0 Å². The van der Waals surface area contributed by atoms with E-state index in [0.717, 1.165) is 12.2 Å². The summed E-state index contributed by atoms with van der Waals surface area (Å²) < 4.78 is 11.2. The Morgan fingerprint density at radius 1 is 1.27 bits per heavy atom. The molecule has 2 aromatic heterocycles. The summed E-state index contributed by atoms with van der Waals surface area (Å²) in [4.78, 5) is 28.9. The number of hydrogen-bond acceptors (Lipinski definition) is 7. The highest BCUT2D eigenvalue weighted by atomic mass is 16.5. The molecule has 1 fully saturated rings. The van der Waals surface area contributed by atoms with E-state index in [-0.39, 0.29) is 12.0 Å². The van der Waals surface area contributed by atoms with E-state index in [1.807, 2.05) is 25.9 Å². The minimum atomic E-state index is -0.0960. The number of nitrogens with zero attached hydrogens (tertiary/aromatic N) is 5. The Bertz CT molecular complexity index is 751. The van der Waals surface area contributed by atoms with E-state index < -0.39 is 0 Å². The maximum absolute atomic E-state index is 12.6. The summed E-state index contributed by atoms with van der Waals surface area (Å²) in [6.45, 7) is 3.59. The van der Waals surface area contributed by atoms with Crippen molar-refractivity contribution in [2.75, 3.05) is 38.7 Å². The Hall–Kier alpha value is -2.90. The van der Waals surface area contributed by atoms with Crippen molar-refractivity contribution < 1.29 is 14.3 Å². The first kappa shape index (κ1) is 17.9. The first-order valence-corrected chi connectivity index (χ1v) is 8.61. The molecule has 1 aliphatic rings. The summed E-state index contributed by atoms with van der Waals surface area (Å²) in [5.41, 5.74) is 0.545. The summed E-state index contributed by atoms with van der Waals surface area (Å²) in [5.74, 6) is 1.66. The fourth-order valence-electron chi connectivity index (χ4n) is 2.71. The Kier molecular flexibility index (Phi) is 5.50. The number of hydrogen-bond donors (Lipinski definition) is 0. The van der Waals surface area contributed by atoms with Gasteiger partial charge in [-0.2, -0.15) is 4.98 Å². The van der Waals surface area contributed by atoms with Crippen LogP contribution in [-0.2, 0) is 0 Å². The van der Waals surface area contributed by atoms with Gasteiger partial charge in [0.25, 0.3) is 5.91 Å². The quantitative estimate of drug-likeness (QED) is 0.777. The molecule has 1 saturated heterocycles. The largest absolute Gasteiger partial charge is 0.478 e. The molecule has 8 heteroatoms. The van der Waals surface area contributed by atoms with Gasteiger partial charge >= 0.3 is 0 Å². The zero-order valence-corrected chi connectivity index (χ0v) is 15.3. The molecule has 1 atom stereocenters. The summed E-state index contributed by atoms with van der Waals surface area (Å²) in [7, 11) is 3.79. The van der Waals surface area contributed by atoms with E-state index in [1.165, 1.54) is 0 Å². The number of rotatable bonds is 6. The minimum Gasteiger partial charge on any atom is -0.478 e. The van der Waals surface area contributed by atoms with E-state index in [0.29, 0.717) is 37.0 Å². The second kappa shape index (κ2) is 7.99. The fraction of sp³-hybridized carbons (Fsp3) is 0.444. The number of carbonyl (C=O) groups is 1. The van der Waals surface area contributed by atoms with Crippen molar-refractivity contribution in [3.63, 3.8) is 0 Å². The van der Waals surface area contributed by atoms with Crippen LogP contribution >= 0.6 is 0 Å². The number of amides is 1. The molecule has 1 aliphatic heterocycles. The van der Waals surface area contributed by atoms with Crippen LogP contribution in [0.2, 0.25) is 0 Å². The average Bonchev–Trinajstić information content (AvgIpc) is 3.11. The van der Waals surface area contributed by atoms with Crippen LogP contribution in [0.15, 0.2) is 30.7 Å². The molecule has 0 N–H and O–H groups in total. The van der Waals surface area contributed by atoms with Gasteiger partial charge in [0.15, 0.2) is 5.82 Å². The van der Waals surface area contributed by atoms with Crippen LogP contribution in [0, 0.1) is 0 Å². The number of anilines is 1. The standard InChI is InChI=1S/C18H23N5O3/c1-4-25-16-6-5-13(9-20-16)18(24)23-8-7-14(12-23)26-17-11-19-10-15(21-17)22(2)3/h5-6,9-11,14H,4,7-8,12H2,1-3H3. The third-order valence-electron chi connectivity index (χ3n) is 4.05. The van der Waals surface area contributed by atoms with Crippen molar-refractivity contribution in [2.45, 2.75) is 19.4 Å². The molecule has 0 aliphatic carbocycles. The summed E-state index contributed by atoms with van der Waals surface area (Å²) in [5, 5.41) is 0. The average molecular weight is 357 g/mol. The van der Waals surface area contributed by atoms with Crippen molar-refractivity contribution in [3.05, 3.63) is 36.3 Å². The number of pyridine rings is 1. The van der Waals surface area contributed by atoms with Crippen molar-refractivity contribution in [1.82, 2.24) is 19.9 Å². The molecule has 3 heterocycles. The topological polar surface area (TPSA) is 80.7 Å². The highest BCUT2D eigenvalue weighted by Crippen LogP contribution is 2.20. The molecule has 8 nitrogen and oxygen atoms in total. The van der Waals surface area contributed by atoms with Crippen LogP contribution in [0.3, 0.4) is 0 Å². The van der Waals surface area contributed by atoms with Crippen molar-refractivity contribution >= 4 is 11.7 Å². The summed E-state index contributed by atoms with van der Waals surface area (Å²) in [6.07, 6.45) is 5.48. The third-order valence-corrected chi connectivity index (χ3v) is 4.05.